The summed E-state index contributed by atoms with van der Waals surface area (Å²) in [7, 11) is 0.495. The van der Waals surface area contributed by atoms with E-state index in [9.17, 15) is 26.4 Å². The molecule has 9 nitrogen and oxygen atoms in total. The van der Waals surface area contributed by atoms with E-state index < -0.39 is 33.6 Å². The van der Waals surface area contributed by atoms with Gasteiger partial charge in [0.1, 0.15) is 5.75 Å². The Balaban J connectivity index is 1.45. The summed E-state index contributed by atoms with van der Waals surface area (Å²) < 4.78 is 82.8. The number of amides is 1. The van der Waals surface area contributed by atoms with Gasteiger partial charge >= 0.3 is 6.18 Å². The lowest BCUT2D eigenvalue weighted by molar-refractivity contribution is -0.137. The lowest BCUT2D eigenvalue weighted by atomic mass is 10.1. The fraction of sp³-hybridized carbons (Fsp3) is 0.156. The average molecular weight is 670 g/mol. The van der Waals surface area contributed by atoms with E-state index in [2.05, 4.69) is 15.3 Å². The molecular formula is C32H26F3N3O6S2. The van der Waals surface area contributed by atoms with Crippen molar-refractivity contribution in [1.82, 2.24) is 4.98 Å². The maximum absolute atomic E-state index is 13.7. The molecule has 0 spiro atoms. The average Bonchev–Trinajstić information content (AvgIpc) is 3.44. The first-order chi connectivity index (χ1) is 21.9. The highest BCUT2D eigenvalue weighted by molar-refractivity contribution is 7.91. The topological polar surface area (TPSA) is 116 Å². The van der Waals surface area contributed by atoms with Gasteiger partial charge in [0, 0.05) is 31.0 Å². The molecule has 0 radical (unpaired) electrons. The summed E-state index contributed by atoms with van der Waals surface area (Å²) in [6, 6.07) is 18.8. The van der Waals surface area contributed by atoms with E-state index in [1.807, 2.05) is 0 Å². The molecule has 1 amide bonds. The smallest absolute Gasteiger partial charge is 0.416 e. The molecule has 0 saturated carbocycles. The zero-order chi connectivity index (χ0) is 33.1. The van der Waals surface area contributed by atoms with E-state index in [0.29, 0.717) is 40.5 Å². The zero-order valence-corrected chi connectivity index (χ0v) is 26.2. The van der Waals surface area contributed by atoms with Crippen LogP contribution in [0.25, 0.3) is 10.2 Å². The van der Waals surface area contributed by atoms with Crippen LogP contribution in [0, 0.1) is 0 Å². The Kier molecular flexibility index (Phi) is 9.30. The number of carbonyl (C=O) groups is 1. The minimum absolute atomic E-state index is 0.174. The molecule has 0 saturated heterocycles. The number of sulfone groups is 1. The molecule has 0 aliphatic heterocycles. The number of benzene rings is 4. The van der Waals surface area contributed by atoms with E-state index in [1.165, 1.54) is 49.8 Å². The quantitative estimate of drug-likeness (QED) is 0.160. The normalized spacial score (nSPS) is 12.7. The number of nitrogens with zero attached hydrogens (tertiary/aromatic N) is 2. The maximum atomic E-state index is 13.7. The van der Waals surface area contributed by atoms with Crippen LogP contribution >= 0.6 is 11.3 Å². The molecule has 4 aromatic carbocycles. The van der Waals surface area contributed by atoms with Crippen molar-refractivity contribution in [3.05, 3.63) is 102 Å². The molecule has 46 heavy (non-hydrogen) atoms. The number of aromatic nitrogens is 1. The molecule has 1 unspecified atom stereocenters. The Hall–Kier alpha value is -4.95. The number of ether oxygens (including phenoxy) is 3. The molecule has 5 aromatic rings. The number of rotatable bonds is 10. The largest absolute Gasteiger partial charge is 0.493 e. The van der Waals surface area contributed by atoms with E-state index in [1.54, 1.807) is 49.7 Å². The number of hydrogen-bond acceptors (Lipinski definition) is 9. The van der Waals surface area contributed by atoms with Crippen LogP contribution in [-0.2, 0) is 20.8 Å². The van der Waals surface area contributed by atoms with Crippen LogP contribution < -0.4 is 19.5 Å². The fourth-order valence-corrected chi connectivity index (χ4v) is 6.59. The van der Waals surface area contributed by atoms with Gasteiger partial charge in [0.25, 0.3) is 5.91 Å². The van der Waals surface area contributed by atoms with Gasteiger partial charge in [0.15, 0.2) is 16.6 Å². The maximum Gasteiger partial charge on any atom is 0.416 e. The molecule has 0 bridgehead atoms. The Morgan fingerprint density at radius 3 is 2.07 bits per heavy atom. The number of halogens is 3. The van der Waals surface area contributed by atoms with E-state index >= 15 is 0 Å². The van der Waals surface area contributed by atoms with Gasteiger partial charge in [-0.1, -0.05) is 23.5 Å². The van der Waals surface area contributed by atoms with Gasteiger partial charge in [0.2, 0.25) is 15.9 Å². The second-order valence-electron chi connectivity index (χ2n) is 9.73. The zero-order valence-electron chi connectivity index (χ0n) is 24.5. The molecule has 1 heterocycles. The number of hydrogen-bond donors (Lipinski definition) is 1. The predicted molar refractivity (Wildman–Crippen MR) is 168 cm³/mol. The van der Waals surface area contributed by atoms with Crippen LogP contribution in [0.5, 0.6) is 17.2 Å². The molecular weight excluding hydrogens is 643 g/mol. The molecule has 14 heteroatoms. The van der Waals surface area contributed by atoms with Gasteiger partial charge < -0.3 is 14.2 Å². The molecule has 0 fully saturated rings. The number of anilines is 1. The number of fused-ring (bicyclic) bond motifs is 1. The van der Waals surface area contributed by atoms with Crippen LogP contribution in [0.2, 0.25) is 0 Å². The summed E-state index contributed by atoms with van der Waals surface area (Å²) >= 11 is 1.21. The second kappa shape index (κ2) is 13.2. The van der Waals surface area contributed by atoms with Gasteiger partial charge in [-0.3, -0.25) is 15.1 Å². The summed E-state index contributed by atoms with van der Waals surface area (Å²) in [5.74, 6) is 0.743. The predicted octanol–water partition coefficient (Wildman–Crippen LogP) is 6.97. The first-order valence-electron chi connectivity index (χ1n) is 13.5. The Bertz CT molecular complexity index is 1950. The van der Waals surface area contributed by atoms with Crippen molar-refractivity contribution in [2.24, 2.45) is 4.99 Å². The Morgan fingerprint density at radius 2 is 1.50 bits per heavy atom. The Labute approximate surface area is 266 Å². The van der Waals surface area contributed by atoms with Crippen molar-refractivity contribution in [2.45, 2.75) is 22.1 Å². The third-order valence-electron chi connectivity index (χ3n) is 6.76. The van der Waals surface area contributed by atoms with Gasteiger partial charge in [-0.25, -0.2) is 13.4 Å². The molecule has 0 aliphatic carbocycles. The second-order valence-corrected chi connectivity index (χ2v) is 12.7. The molecule has 5 rings (SSSR count). The highest BCUT2D eigenvalue weighted by Gasteiger charge is 2.31. The monoisotopic (exact) mass is 669 g/mol. The van der Waals surface area contributed by atoms with E-state index in [4.69, 9.17) is 14.2 Å². The van der Waals surface area contributed by atoms with Crippen LogP contribution in [0.1, 0.15) is 22.8 Å². The molecule has 1 atom stereocenters. The van der Waals surface area contributed by atoms with Crippen LogP contribution in [0.3, 0.4) is 0 Å². The number of nitrogens with one attached hydrogen (secondary N) is 1. The third kappa shape index (κ3) is 6.97. The lowest BCUT2D eigenvalue weighted by Gasteiger charge is -2.19. The fourth-order valence-electron chi connectivity index (χ4n) is 4.45. The number of alkyl halides is 3. The minimum atomic E-state index is -4.60. The minimum Gasteiger partial charge on any atom is -0.493 e. The van der Waals surface area contributed by atoms with E-state index in [-0.39, 0.29) is 14.9 Å². The molecule has 1 N–H and O–H groups in total. The number of carbonyl (C=O) groups excluding carboxylic acids is 1. The van der Waals surface area contributed by atoms with Crippen molar-refractivity contribution in [3.63, 3.8) is 0 Å². The van der Waals surface area contributed by atoms with Gasteiger partial charge in [-0.2, -0.15) is 13.2 Å². The summed E-state index contributed by atoms with van der Waals surface area (Å²) in [5, 5.41) is 3.05. The first-order valence-corrected chi connectivity index (χ1v) is 15.8. The number of methoxy groups -OCH3 is 2. The van der Waals surface area contributed by atoms with Crippen molar-refractivity contribution in [3.8, 4) is 17.2 Å². The van der Waals surface area contributed by atoms with E-state index in [0.717, 1.165) is 22.4 Å². The highest BCUT2D eigenvalue weighted by Crippen LogP contribution is 2.37. The van der Waals surface area contributed by atoms with Crippen molar-refractivity contribution >= 4 is 48.6 Å². The SMILES string of the molecule is C/N=C/c1ccc(OC(C(=O)Nc2nc3cc(OC)c(OC)cc3s2)c2ccc(S(=O)(=O)c3ccc(C(F)(F)F)cc3)cc2)cc1. The van der Waals surface area contributed by atoms with Crippen molar-refractivity contribution in [1.29, 1.82) is 0 Å². The van der Waals surface area contributed by atoms with Crippen LogP contribution in [0.4, 0.5) is 18.3 Å². The lowest BCUT2D eigenvalue weighted by Crippen LogP contribution is -2.25. The number of thiazole rings is 1. The first kappa shape index (κ1) is 32.4. The highest BCUT2D eigenvalue weighted by atomic mass is 32.2. The van der Waals surface area contributed by atoms with Crippen molar-refractivity contribution < 1.29 is 40.6 Å². The summed E-state index contributed by atoms with van der Waals surface area (Å²) in [6.07, 6.45) is -4.19. The van der Waals surface area contributed by atoms with Gasteiger partial charge in [-0.15, -0.1) is 0 Å². The summed E-state index contributed by atoms with van der Waals surface area (Å²) in [5.41, 5.74) is 0.733. The third-order valence-corrected chi connectivity index (χ3v) is 9.48. The summed E-state index contributed by atoms with van der Waals surface area (Å²) in [4.78, 5) is 21.7. The molecule has 238 valence electrons. The van der Waals surface area contributed by atoms with Gasteiger partial charge in [-0.05, 0) is 66.2 Å². The summed E-state index contributed by atoms with van der Waals surface area (Å²) in [6.45, 7) is 0. The van der Waals surface area contributed by atoms with Gasteiger partial charge in [0.05, 0.1) is 39.8 Å². The Morgan fingerprint density at radius 1 is 0.913 bits per heavy atom. The standard InChI is InChI=1S/C32H26F3N3O6S2/c1-36-18-19-4-10-22(11-5-19)44-29(30(39)38-31-37-25-16-26(42-2)27(43-3)17-28(25)45-31)20-6-12-23(13-7-20)46(40,41)24-14-8-21(9-15-24)32(33,34)35/h4-18,29H,1-3H3,(H,37,38,39)/b36-18+. The van der Waals surface area contributed by atoms with Crippen LogP contribution in [0.15, 0.2) is 99.7 Å². The molecule has 1 aromatic heterocycles. The number of aliphatic imine (C=N–C) groups is 1. The van der Waals surface area contributed by atoms with Crippen molar-refractivity contribution in [2.75, 3.05) is 26.6 Å². The molecule has 0 aliphatic rings. The van der Waals surface area contributed by atoms with Crippen LogP contribution in [-0.4, -0.2) is 46.8 Å².